The number of anilines is 2. The molecule has 1 rings (SSSR count). The van der Waals surface area contributed by atoms with Gasteiger partial charge in [-0.15, -0.1) is 0 Å². The molecule has 0 aliphatic rings. The van der Waals surface area contributed by atoms with E-state index in [4.69, 9.17) is 4.74 Å². The van der Waals surface area contributed by atoms with Crippen LogP contribution in [0.2, 0.25) is 0 Å². The van der Waals surface area contributed by atoms with Crippen molar-refractivity contribution >= 4 is 17.5 Å². The summed E-state index contributed by atoms with van der Waals surface area (Å²) < 4.78 is 5.04. The molecule has 0 radical (unpaired) electrons. The number of methoxy groups -OCH3 is 1. The molecule has 0 fully saturated rings. The van der Waals surface area contributed by atoms with Gasteiger partial charge in [-0.3, -0.25) is 4.79 Å². The number of amides is 1. The SMILES string of the molecule is CCNc1cc(NCCNC(C)=O)nc(COC)n1. The molecule has 7 nitrogen and oxygen atoms in total. The van der Waals surface area contributed by atoms with Crippen LogP contribution in [0.3, 0.4) is 0 Å². The number of ether oxygens (including phenoxy) is 1. The summed E-state index contributed by atoms with van der Waals surface area (Å²) in [6.07, 6.45) is 0. The quantitative estimate of drug-likeness (QED) is 0.598. The molecule has 1 aromatic heterocycles. The standard InChI is InChI=1S/C12H21N5O2/c1-4-13-10-7-11(15-6-5-14-9(2)18)17-12(16-10)8-19-3/h7H,4-6,8H2,1-3H3,(H,14,18)(H2,13,15,16,17). The Morgan fingerprint density at radius 2 is 1.95 bits per heavy atom. The maximum Gasteiger partial charge on any atom is 0.216 e. The highest BCUT2D eigenvalue weighted by Crippen LogP contribution is 2.11. The number of nitrogens with zero attached hydrogens (tertiary/aromatic N) is 2. The summed E-state index contributed by atoms with van der Waals surface area (Å²) in [6.45, 7) is 5.80. The van der Waals surface area contributed by atoms with Crippen LogP contribution in [-0.2, 0) is 16.1 Å². The lowest BCUT2D eigenvalue weighted by Gasteiger charge is -2.10. The van der Waals surface area contributed by atoms with Gasteiger partial charge in [-0.05, 0) is 6.92 Å². The first kappa shape index (κ1) is 15.2. The molecule has 0 bridgehead atoms. The first-order valence-corrected chi connectivity index (χ1v) is 6.24. The van der Waals surface area contributed by atoms with E-state index in [0.29, 0.717) is 31.3 Å². The van der Waals surface area contributed by atoms with Gasteiger partial charge in [-0.25, -0.2) is 9.97 Å². The molecule has 0 aliphatic heterocycles. The van der Waals surface area contributed by atoms with E-state index in [1.807, 2.05) is 13.0 Å². The first-order chi connectivity index (χ1) is 9.15. The normalized spacial score (nSPS) is 10.1. The van der Waals surface area contributed by atoms with E-state index in [2.05, 4.69) is 25.9 Å². The van der Waals surface area contributed by atoms with Gasteiger partial charge in [0.1, 0.15) is 18.2 Å². The summed E-state index contributed by atoms with van der Waals surface area (Å²) in [7, 11) is 1.60. The summed E-state index contributed by atoms with van der Waals surface area (Å²) in [5.41, 5.74) is 0. The van der Waals surface area contributed by atoms with Gasteiger partial charge in [0.05, 0.1) is 0 Å². The van der Waals surface area contributed by atoms with Crippen molar-refractivity contribution < 1.29 is 9.53 Å². The molecule has 0 aliphatic carbocycles. The molecule has 1 aromatic rings. The van der Waals surface area contributed by atoms with E-state index in [9.17, 15) is 4.79 Å². The van der Waals surface area contributed by atoms with E-state index in [1.54, 1.807) is 7.11 Å². The van der Waals surface area contributed by atoms with E-state index in [-0.39, 0.29) is 5.91 Å². The van der Waals surface area contributed by atoms with Crippen LogP contribution in [0.1, 0.15) is 19.7 Å². The van der Waals surface area contributed by atoms with Crippen LogP contribution in [0.15, 0.2) is 6.07 Å². The average Bonchev–Trinajstić information content (AvgIpc) is 2.35. The third kappa shape index (κ3) is 6.01. The molecule has 0 saturated heterocycles. The summed E-state index contributed by atoms with van der Waals surface area (Å²) in [5, 5.41) is 8.99. The molecule has 1 amide bonds. The molecule has 106 valence electrons. The Labute approximate surface area is 113 Å². The Morgan fingerprint density at radius 3 is 2.53 bits per heavy atom. The van der Waals surface area contributed by atoms with Crippen molar-refractivity contribution in [1.82, 2.24) is 15.3 Å². The Hall–Kier alpha value is -1.89. The number of hydrogen-bond donors (Lipinski definition) is 3. The molecule has 7 heteroatoms. The molecular formula is C12H21N5O2. The maximum atomic E-state index is 10.7. The minimum atomic E-state index is -0.0436. The highest BCUT2D eigenvalue weighted by Gasteiger charge is 2.04. The topological polar surface area (TPSA) is 88.2 Å². The van der Waals surface area contributed by atoms with Crippen molar-refractivity contribution in [3.05, 3.63) is 11.9 Å². The highest BCUT2D eigenvalue weighted by molar-refractivity contribution is 5.72. The first-order valence-electron chi connectivity index (χ1n) is 6.24. The van der Waals surface area contributed by atoms with Crippen molar-refractivity contribution in [2.45, 2.75) is 20.5 Å². The van der Waals surface area contributed by atoms with Crippen LogP contribution in [0.5, 0.6) is 0 Å². The molecule has 0 saturated carbocycles. The Bertz CT molecular complexity index is 387. The van der Waals surface area contributed by atoms with Crippen LogP contribution in [-0.4, -0.2) is 42.6 Å². The van der Waals surface area contributed by atoms with E-state index in [0.717, 1.165) is 12.4 Å². The van der Waals surface area contributed by atoms with E-state index >= 15 is 0 Å². The third-order valence-electron chi connectivity index (χ3n) is 2.21. The summed E-state index contributed by atoms with van der Waals surface area (Å²) in [6, 6.07) is 1.83. The number of rotatable bonds is 8. The van der Waals surface area contributed by atoms with Crippen LogP contribution < -0.4 is 16.0 Å². The zero-order chi connectivity index (χ0) is 14.1. The fourth-order valence-corrected chi connectivity index (χ4v) is 1.48. The van der Waals surface area contributed by atoms with Gasteiger partial charge in [0.25, 0.3) is 0 Å². The molecular weight excluding hydrogens is 246 g/mol. The van der Waals surface area contributed by atoms with E-state index < -0.39 is 0 Å². The lowest BCUT2D eigenvalue weighted by molar-refractivity contribution is -0.118. The smallest absolute Gasteiger partial charge is 0.216 e. The second-order valence-corrected chi connectivity index (χ2v) is 3.93. The fraction of sp³-hybridized carbons (Fsp3) is 0.583. The van der Waals surface area contributed by atoms with Crippen LogP contribution in [0.4, 0.5) is 11.6 Å². The second-order valence-electron chi connectivity index (χ2n) is 3.93. The molecule has 3 N–H and O–H groups in total. The van der Waals surface area contributed by atoms with Gasteiger partial charge in [0.15, 0.2) is 5.82 Å². The van der Waals surface area contributed by atoms with Crippen molar-refractivity contribution in [3.63, 3.8) is 0 Å². The van der Waals surface area contributed by atoms with Gasteiger partial charge >= 0.3 is 0 Å². The van der Waals surface area contributed by atoms with Crippen molar-refractivity contribution in [2.24, 2.45) is 0 Å². The second kappa shape index (κ2) is 8.25. The predicted molar refractivity (Wildman–Crippen MR) is 74.1 cm³/mol. The van der Waals surface area contributed by atoms with Crippen LogP contribution in [0, 0.1) is 0 Å². The Kier molecular flexibility index (Phi) is 6.59. The van der Waals surface area contributed by atoms with Gasteiger partial charge in [0, 0.05) is 39.7 Å². The monoisotopic (exact) mass is 267 g/mol. The number of nitrogens with one attached hydrogen (secondary N) is 3. The average molecular weight is 267 g/mol. The number of carbonyl (C=O) groups excluding carboxylic acids is 1. The van der Waals surface area contributed by atoms with Crippen molar-refractivity contribution in [1.29, 1.82) is 0 Å². The number of carbonyl (C=O) groups is 1. The molecule has 0 spiro atoms. The zero-order valence-electron chi connectivity index (χ0n) is 11.6. The molecule has 0 aromatic carbocycles. The maximum absolute atomic E-state index is 10.7. The fourth-order valence-electron chi connectivity index (χ4n) is 1.48. The Morgan fingerprint density at radius 1 is 1.26 bits per heavy atom. The minimum absolute atomic E-state index is 0.0436. The highest BCUT2D eigenvalue weighted by atomic mass is 16.5. The third-order valence-corrected chi connectivity index (χ3v) is 2.21. The van der Waals surface area contributed by atoms with Crippen LogP contribution >= 0.6 is 0 Å². The number of aromatic nitrogens is 2. The molecule has 0 unspecified atom stereocenters. The van der Waals surface area contributed by atoms with Crippen LogP contribution in [0.25, 0.3) is 0 Å². The minimum Gasteiger partial charge on any atom is -0.377 e. The van der Waals surface area contributed by atoms with Gasteiger partial charge < -0.3 is 20.7 Å². The molecule has 0 atom stereocenters. The van der Waals surface area contributed by atoms with Gasteiger partial charge in [-0.2, -0.15) is 0 Å². The largest absolute Gasteiger partial charge is 0.377 e. The summed E-state index contributed by atoms with van der Waals surface area (Å²) >= 11 is 0. The summed E-state index contributed by atoms with van der Waals surface area (Å²) in [5.74, 6) is 2.04. The van der Waals surface area contributed by atoms with Gasteiger partial charge in [0.2, 0.25) is 5.91 Å². The summed E-state index contributed by atoms with van der Waals surface area (Å²) in [4.78, 5) is 19.4. The Balaban J connectivity index is 2.61. The van der Waals surface area contributed by atoms with E-state index in [1.165, 1.54) is 6.92 Å². The van der Waals surface area contributed by atoms with Gasteiger partial charge in [-0.1, -0.05) is 0 Å². The lowest BCUT2D eigenvalue weighted by atomic mass is 10.4. The molecule has 19 heavy (non-hydrogen) atoms. The number of hydrogen-bond acceptors (Lipinski definition) is 6. The zero-order valence-corrected chi connectivity index (χ0v) is 11.6. The van der Waals surface area contributed by atoms with Crippen molar-refractivity contribution in [2.75, 3.05) is 37.4 Å². The lowest BCUT2D eigenvalue weighted by Crippen LogP contribution is -2.26. The molecule has 1 heterocycles. The van der Waals surface area contributed by atoms with Crippen molar-refractivity contribution in [3.8, 4) is 0 Å². The predicted octanol–water partition coefficient (Wildman–Crippen LogP) is 0.603.